The molecule has 2 saturated heterocycles. The van der Waals surface area contributed by atoms with Crippen molar-refractivity contribution in [2.24, 2.45) is 0 Å². The van der Waals surface area contributed by atoms with E-state index < -0.39 is 23.6 Å². The molecule has 2 fully saturated rings. The highest BCUT2D eigenvalue weighted by Crippen LogP contribution is 2.32. The van der Waals surface area contributed by atoms with Crippen molar-refractivity contribution in [1.82, 2.24) is 4.90 Å². The van der Waals surface area contributed by atoms with Crippen LogP contribution in [0.1, 0.15) is 26.3 Å². The zero-order valence-corrected chi connectivity index (χ0v) is 21.6. The Balaban J connectivity index is 1.46. The predicted molar refractivity (Wildman–Crippen MR) is 139 cm³/mol. The van der Waals surface area contributed by atoms with Gasteiger partial charge in [-0.2, -0.15) is 0 Å². The van der Waals surface area contributed by atoms with E-state index in [1.165, 1.54) is 11.0 Å². The summed E-state index contributed by atoms with van der Waals surface area (Å²) in [7, 11) is 0. The van der Waals surface area contributed by atoms with Gasteiger partial charge in [-0.25, -0.2) is 14.0 Å². The fourth-order valence-electron chi connectivity index (χ4n) is 4.56. The van der Waals surface area contributed by atoms with Gasteiger partial charge < -0.3 is 19.1 Å². The Kier molecular flexibility index (Phi) is 8.02. The maximum absolute atomic E-state index is 15.4. The quantitative estimate of drug-likeness (QED) is 0.510. The molecule has 2 aliphatic heterocycles. The lowest BCUT2D eigenvalue weighted by molar-refractivity contribution is -0.0567. The van der Waals surface area contributed by atoms with Gasteiger partial charge in [0.05, 0.1) is 30.1 Å². The number of carbonyl (C=O) groups is 2. The van der Waals surface area contributed by atoms with Crippen molar-refractivity contribution in [3.05, 3.63) is 72.6 Å². The van der Waals surface area contributed by atoms with Crippen LogP contribution < -0.4 is 9.80 Å². The molecule has 0 aliphatic carbocycles. The van der Waals surface area contributed by atoms with Crippen LogP contribution in [0.4, 0.5) is 25.4 Å². The third-order valence-corrected chi connectivity index (χ3v) is 6.25. The van der Waals surface area contributed by atoms with Crippen LogP contribution >= 0.6 is 0 Å². The number of halogens is 1. The van der Waals surface area contributed by atoms with Gasteiger partial charge in [0, 0.05) is 26.2 Å². The Labute approximate surface area is 217 Å². The van der Waals surface area contributed by atoms with E-state index >= 15 is 4.39 Å². The molecule has 2 heterocycles. The van der Waals surface area contributed by atoms with Gasteiger partial charge in [-0.3, -0.25) is 9.80 Å². The van der Waals surface area contributed by atoms with Gasteiger partial charge >= 0.3 is 12.2 Å². The number of hydrogen-bond donors (Lipinski definition) is 0. The van der Waals surface area contributed by atoms with E-state index in [-0.39, 0.29) is 25.3 Å². The number of amides is 2. The Hall–Kier alpha value is -3.59. The molecule has 2 atom stereocenters. The zero-order chi connectivity index (χ0) is 26.6. The van der Waals surface area contributed by atoms with E-state index in [2.05, 4.69) is 6.58 Å². The SMILES string of the molecule is C=CCN(C(=O)OCc1ccccc1)c1ccc(N2CC3OCCN(C(=O)OC(C)(C)C)C3C2)c(F)c1. The summed E-state index contributed by atoms with van der Waals surface area (Å²) in [6.07, 6.45) is 0.330. The van der Waals surface area contributed by atoms with Crippen molar-refractivity contribution in [3.8, 4) is 0 Å². The molecule has 0 aromatic heterocycles. The van der Waals surface area contributed by atoms with Crippen molar-refractivity contribution >= 4 is 23.6 Å². The lowest BCUT2D eigenvalue weighted by Crippen LogP contribution is -2.54. The number of ether oxygens (including phenoxy) is 3. The number of rotatable bonds is 6. The van der Waals surface area contributed by atoms with Crippen LogP contribution in [0.15, 0.2) is 61.2 Å². The molecule has 0 spiro atoms. The second-order valence-corrected chi connectivity index (χ2v) is 10.1. The highest BCUT2D eigenvalue weighted by Gasteiger charge is 2.44. The monoisotopic (exact) mass is 511 g/mol. The number of hydrogen-bond acceptors (Lipinski definition) is 6. The number of anilines is 2. The first-order valence-electron chi connectivity index (χ1n) is 12.4. The first-order valence-corrected chi connectivity index (χ1v) is 12.4. The number of carbonyl (C=O) groups excluding carboxylic acids is 2. The summed E-state index contributed by atoms with van der Waals surface area (Å²) in [5.74, 6) is -0.482. The molecule has 0 bridgehead atoms. The molecule has 2 amide bonds. The van der Waals surface area contributed by atoms with Crippen LogP contribution in [0, 0.1) is 5.82 Å². The number of benzene rings is 2. The van der Waals surface area contributed by atoms with Crippen LogP contribution in [0.5, 0.6) is 0 Å². The van der Waals surface area contributed by atoms with Crippen LogP contribution in [0.2, 0.25) is 0 Å². The van der Waals surface area contributed by atoms with E-state index in [4.69, 9.17) is 14.2 Å². The molecule has 0 radical (unpaired) electrons. The summed E-state index contributed by atoms with van der Waals surface area (Å²) in [5, 5.41) is 0. The van der Waals surface area contributed by atoms with Crippen molar-refractivity contribution in [3.63, 3.8) is 0 Å². The van der Waals surface area contributed by atoms with Gasteiger partial charge in [0.25, 0.3) is 0 Å². The summed E-state index contributed by atoms with van der Waals surface area (Å²) in [6.45, 7) is 11.1. The Morgan fingerprint density at radius 3 is 2.62 bits per heavy atom. The van der Waals surface area contributed by atoms with Crippen LogP contribution in [-0.4, -0.2) is 67.6 Å². The normalized spacial score (nSPS) is 19.2. The minimum atomic E-state index is -0.606. The zero-order valence-electron chi connectivity index (χ0n) is 21.6. The maximum atomic E-state index is 15.4. The maximum Gasteiger partial charge on any atom is 0.414 e. The molecule has 2 unspecified atom stereocenters. The second kappa shape index (κ2) is 11.2. The van der Waals surface area contributed by atoms with Crippen LogP contribution in [-0.2, 0) is 20.8 Å². The highest BCUT2D eigenvalue weighted by molar-refractivity contribution is 5.88. The van der Waals surface area contributed by atoms with Crippen molar-refractivity contribution in [2.45, 2.75) is 45.1 Å². The molecular weight excluding hydrogens is 477 g/mol. The highest BCUT2D eigenvalue weighted by atomic mass is 19.1. The van der Waals surface area contributed by atoms with Crippen LogP contribution in [0.3, 0.4) is 0 Å². The predicted octanol–water partition coefficient (Wildman–Crippen LogP) is 4.98. The molecule has 2 aromatic carbocycles. The lowest BCUT2D eigenvalue weighted by Gasteiger charge is -2.37. The molecule has 0 saturated carbocycles. The van der Waals surface area contributed by atoms with Crippen molar-refractivity contribution in [2.75, 3.05) is 42.6 Å². The largest absolute Gasteiger partial charge is 0.444 e. The molecule has 8 nitrogen and oxygen atoms in total. The first-order chi connectivity index (χ1) is 17.7. The summed E-state index contributed by atoms with van der Waals surface area (Å²) in [6, 6.07) is 13.7. The lowest BCUT2D eigenvalue weighted by atomic mass is 10.1. The third-order valence-electron chi connectivity index (χ3n) is 6.25. The van der Waals surface area contributed by atoms with E-state index in [0.29, 0.717) is 37.6 Å². The van der Waals surface area contributed by atoms with Gasteiger partial charge in [-0.15, -0.1) is 6.58 Å². The molecule has 2 aromatic rings. The Bertz CT molecular complexity index is 1120. The molecule has 2 aliphatic rings. The molecule has 0 N–H and O–H groups in total. The van der Waals surface area contributed by atoms with Crippen LogP contribution in [0.25, 0.3) is 0 Å². The molecular formula is C28H34FN3O5. The van der Waals surface area contributed by atoms with Gasteiger partial charge in [0.15, 0.2) is 0 Å². The standard InChI is InChI=1S/C28H34FN3O5/c1-5-13-31(26(33)36-19-20-9-7-6-8-10-20)21-11-12-23(22(29)16-21)30-17-24-25(18-30)35-15-14-32(24)27(34)37-28(2,3)4/h5-12,16,24-25H,1,13-15,17-19H2,2-4H3. The van der Waals surface area contributed by atoms with Crippen molar-refractivity contribution in [1.29, 1.82) is 0 Å². The van der Waals surface area contributed by atoms with E-state index in [1.54, 1.807) is 23.1 Å². The fourth-order valence-corrected chi connectivity index (χ4v) is 4.56. The Morgan fingerprint density at radius 2 is 1.95 bits per heavy atom. The summed E-state index contributed by atoms with van der Waals surface area (Å²) in [4.78, 5) is 30.4. The topological polar surface area (TPSA) is 71.6 Å². The van der Waals surface area contributed by atoms with Gasteiger partial charge in [-0.05, 0) is 44.5 Å². The average Bonchev–Trinajstić information content (AvgIpc) is 3.29. The van der Waals surface area contributed by atoms with Gasteiger partial charge in [-0.1, -0.05) is 36.4 Å². The fraction of sp³-hybridized carbons (Fsp3) is 0.429. The Morgan fingerprint density at radius 1 is 1.19 bits per heavy atom. The van der Waals surface area contributed by atoms with Gasteiger partial charge in [0.2, 0.25) is 0 Å². The van der Waals surface area contributed by atoms with Gasteiger partial charge in [0.1, 0.15) is 18.0 Å². The summed E-state index contributed by atoms with van der Waals surface area (Å²) < 4.78 is 32.3. The number of nitrogens with zero attached hydrogens (tertiary/aromatic N) is 3. The molecule has 4 rings (SSSR count). The molecule has 198 valence electrons. The van der Waals surface area contributed by atoms with E-state index in [1.807, 2.05) is 56.0 Å². The molecule has 37 heavy (non-hydrogen) atoms. The first kappa shape index (κ1) is 26.5. The second-order valence-electron chi connectivity index (χ2n) is 10.1. The third kappa shape index (κ3) is 6.40. The number of morpholine rings is 1. The minimum Gasteiger partial charge on any atom is -0.444 e. The van der Waals surface area contributed by atoms with E-state index in [0.717, 1.165) is 5.56 Å². The summed E-state index contributed by atoms with van der Waals surface area (Å²) in [5.41, 5.74) is 0.989. The average molecular weight is 512 g/mol. The minimum absolute atomic E-state index is 0.110. The summed E-state index contributed by atoms with van der Waals surface area (Å²) >= 11 is 0. The smallest absolute Gasteiger partial charge is 0.414 e. The molecule has 9 heteroatoms. The van der Waals surface area contributed by atoms with E-state index in [9.17, 15) is 9.59 Å². The number of fused-ring (bicyclic) bond motifs is 1. The van der Waals surface area contributed by atoms with Crippen molar-refractivity contribution < 1.29 is 28.2 Å².